The van der Waals surface area contributed by atoms with Crippen LogP contribution < -0.4 is 0 Å². The first kappa shape index (κ1) is 8.12. The number of Topliss-reactive ketones (excluding diaryl/α,β-unsaturated/α-hetero) is 1. The summed E-state index contributed by atoms with van der Waals surface area (Å²) in [7, 11) is 0. The van der Waals surface area contributed by atoms with E-state index in [1.54, 1.807) is 11.8 Å². The second kappa shape index (κ2) is 2.57. The Kier molecular flexibility index (Phi) is 2.09. The van der Waals surface area contributed by atoms with Crippen LogP contribution in [0.3, 0.4) is 0 Å². The standard InChI is InChI=1S/C8H14OS/c1-6-4-5-7(9)8(6,2)10-3/h6H,4-5H2,1-3H3. The van der Waals surface area contributed by atoms with Crippen molar-refractivity contribution in [2.75, 3.05) is 6.26 Å². The molecular weight excluding hydrogens is 144 g/mol. The van der Waals surface area contributed by atoms with Gasteiger partial charge in [0.05, 0.1) is 4.75 Å². The van der Waals surface area contributed by atoms with Crippen LogP contribution >= 0.6 is 11.8 Å². The van der Waals surface area contributed by atoms with Crippen molar-refractivity contribution in [3.05, 3.63) is 0 Å². The summed E-state index contributed by atoms with van der Waals surface area (Å²) in [6.07, 6.45) is 3.90. The Morgan fingerprint density at radius 3 is 2.50 bits per heavy atom. The maximum Gasteiger partial charge on any atom is 0.148 e. The molecule has 2 atom stereocenters. The first-order chi connectivity index (χ1) is 4.61. The molecule has 1 nitrogen and oxygen atoms in total. The van der Waals surface area contributed by atoms with Gasteiger partial charge in [0.25, 0.3) is 0 Å². The molecule has 0 radical (unpaired) electrons. The molecule has 1 rings (SSSR count). The van der Waals surface area contributed by atoms with Crippen LogP contribution in [0.5, 0.6) is 0 Å². The maximum atomic E-state index is 11.3. The first-order valence-corrected chi connectivity index (χ1v) is 4.92. The number of hydrogen-bond donors (Lipinski definition) is 0. The molecule has 58 valence electrons. The van der Waals surface area contributed by atoms with Crippen LogP contribution in [-0.4, -0.2) is 16.8 Å². The van der Waals surface area contributed by atoms with E-state index in [9.17, 15) is 4.79 Å². The minimum absolute atomic E-state index is 0.0694. The molecule has 10 heavy (non-hydrogen) atoms. The van der Waals surface area contributed by atoms with Gasteiger partial charge in [-0.15, -0.1) is 0 Å². The van der Waals surface area contributed by atoms with Crippen LogP contribution in [0.15, 0.2) is 0 Å². The predicted octanol–water partition coefficient (Wildman–Crippen LogP) is 2.11. The molecule has 0 aromatic carbocycles. The molecule has 0 saturated heterocycles. The Bertz CT molecular complexity index is 155. The number of carbonyl (C=O) groups is 1. The van der Waals surface area contributed by atoms with Gasteiger partial charge in [-0.3, -0.25) is 4.79 Å². The average Bonchev–Trinajstić information content (AvgIpc) is 2.18. The summed E-state index contributed by atoms with van der Waals surface area (Å²) in [5.41, 5.74) is 0. The third kappa shape index (κ3) is 0.986. The smallest absolute Gasteiger partial charge is 0.148 e. The van der Waals surface area contributed by atoms with Gasteiger partial charge < -0.3 is 0 Å². The zero-order chi connectivity index (χ0) is 7.78. The van der Waals surface area contributed by atoms with E-state index in [2.05, 4.69) is 13.8 Å². The molecule has 1 aliphatic rings. The van der Waals surface area contributed by atoms with Crippen LogP contribution in [0.25, 0.3) is 0 Å². The minimum Gasteiger partial charge on any atom is -0.298 e. The Labute approximate surface area is 66.6 Å². The van der Waals surface area contributed by atoms with Crippen LogP contribution in [0.1, 0.15) is 26.7 Å². The van der Waals surface area contributed by atoms with Gasteiger partial charge in [-0.1, -0.05) is 6.92 Å². The number of carbonyl (C=O) groups excluding carboxylic acids is 1. The lowest BCUT2D eigenvalue weighted by molar-refractivity contribution is -0.119. The molecular formula is C8H14OS. The quantitative estimate of drug-likeness (QED) is 0.581. The second-order valence-corrected chi connectivity index (χ2v) is 4.43. The van der Waals surface area contributed by atoms with Crippen LogP contribution in [-0.2, 0) is 4.79 Å². The number of rotatable bonds is 1. The number of thioether (sulfide) groups is 1. The largest absolute Gasteiger partial charge is 0.298 e. The van der Waals surface area contributed by atoms with Gasteiger partial charge in [0, 0.05) is 6.42 Å². The highest BCUT2D eigenvalue weighted by Crippen LogP contribution is 2.41. The lowest BCUT2D eigenvalue weighted by Crippen LogP contribution is -2.30. The summed E-state index contributed by atoms with van der Waals surface area (Å²) >= 11 is 1.70. The maximum absolute atomic E-state index is 11.3. The molecule has 2 unspecified atom stereocenters. The van der Waals surface area contributed by atoms with Crippen LogP contribution in [0.4, 0.5) is 0 Å². The highest BCUT2D eigenvalue weighted by Gasteiger charge is 2.42. The van der Waals surface area contributed by atoms with Crippen molar-refractivity contribution < 1.29 is 4.79 Å². The van der Waals surface area contributed by atoms with Crippen molar-refractivity contribution in [1.29, 1.82) is 0 Å². The summed E-state index contributed by atoms with van der Waals surface area (Å²) in [5.74, 6) is 1.00. The van der Waals surface area contributed by atoms with Gasteiger partial charge in [-0.2, -0.15) is 11.8 Å². The van der Waals surface area contributed by atoms with Crippen molar-refractivity contribution in [3.8, 4) is 0 Å². The van der Waals surface area contributed by atoms with Crippen molar-refractivity contribution >= 4 is 17.5 Å². The molecule has 1 aliphatic carbocycles. The molecule has 1 fully saturated rings. The lowest BCUT2D eigenvalue weighted by Gasteiger charge is -2.24. The molecule has 0 N–H and O–H groups in total. The van der Waals surface area contributed by atoms with Gasteiger partial charge in [0.15, 0.2) is 0 Å². The third-order valence-corrected chi connectivity index (χ3v) is 4.20. The highest BCUT2D eigenvalue weighted by molar-refractivity contribution is 8.00. The topological polar surface area (TPSA) is 17.1 Å². The first-order valence-electron chi connectivity index (χ1n) is 3.69. The van der Waals surface area contributed by atoms with Gasteiger partial charge in [-0.25, -0.2) is 0 Å². The average molecular weight is 158 g/mol. The molecule has 0 aromatic rings. The summed E-state index contributed by atoms with van der Waals surface area (Å²) in [6, 6.07) is 0. The van der Waals surface area contributed by atoms with Crippen molar-refractivity contribution in [2.45, 2.75) is 31.4 Å². The molecule has 2 heteroatoms. The van der Waals surface area contributed by atoms with Crippen molar-refractivity contribution in [3.63, 3.8) is 0 Å². The fraction of sp³-hybridized carbons (Fsp3) is 0.875. The number of hydrogen-bond acceptors (Lipinski definition) is 2. The van der Waals surface area contributed by atoms with E-state index in [-0.39, 0.29) is 4.75 Å². The molecule has 0 bridgehead atoms. The fourth-order valence-corrected chi connectivity index (χ4v) is 2.31. The second-order valence-electron chi connectivity index (χ2n) is 3.17. The Morgan fingerprint density at radius 1 is 1.70 bits per heavy atom. The van der Waals surface area contributed by atoms with Gasteiger partial charge in [-0.05, 0) is 25.5 Å². The van der Waals surface area contributed by atoms with Gasteiger partial charge >= 0.3 is 0 Å². The van der Waals surface area contributed by atoms with Crippen LogP contribution in [0, 0.1) is 5.92 Å². The normalized spacial score (nSPS) is 40.7. The van der Waals surface area contributed by atoms with Crippen molar-refractivity contribution in [2.24, 2.45) is 5.92 Å². The van der Waals surface area contributed by atoms with E-state index in [0.717, 1.165) is 12.8 Å². The minimum atomic E-state index is -0.0694. The number of ketones is 1. The predicted molar refractivity (Wildman–Crippen MR) is 45.3 cm³/mol. The molecule has 0 aromatic heterocycles. The lowest BCUT2D eigenvalue weighted by atomic mass is 9.99. The molecule has 0 aliphatic heterocycles. The summed E-state index contributed by atoms with van der Waals surface area (Å²) in [5, 5.41) is 0. The van der Waals surface area contributed by atoms with E-state index >= 15 is 0 Å². The third-order valence-electron chi connectivity index (χ3n) is 2.72. The fourth-order valence-electron chi connectivity index (χ4n) is 1.46. The molecule has 0 heterocycles. The summed E-state index contributed by atoms with van der Waals surface area (Å²) < 4.78 is -0.0694. The Morgan fingerprint density at radius 2 is 2.30 bits per heavy atom. The SMILES string of the molecule is CSC1(C)C(=O)CCC1C. The van der Waals surface area contributed by atoms with E-state index in [1.165, 1.54) is 0 Å². The zero-order valence-electron chi connectivity index (χ0n) is 6.81. The van der Waals surface area contributed by atoms with E-state index in [1.807, 2.05) is 6.26 Å². The summed E-state index contributed by atoms with van der Waals surface area (Å²) in [6.45, 7) is 4.24. The molecule has 0 amide bonds. The Hall–Kier alpha value is 0.0200. The molecule has 1 saturated carbocycles. The highest BCUT2D eigenvalue weighted by atomic mass is 32.2. The van der Waals surface area contributed by atoms with E-state index in [0.29, 0.717) is 11.7 Å². The summed E-state index contributed by atoms with van der Waals surface area (Å²) in [4.78, 5) is 11.3. The van der Waals surface area contributed by atoms with Gasteiger partial charge in [0.1, 0.15) is 5.78 Å². The van der Waals surface area contributed by atoms with Crippen LogP contribution in [0.2, 0.25) is 0 Å². The van der Waals surface area contributed by atoms with Crippen molar-refractivity contribution in [1.82, 2.24) is 0 Å². The van der Waals surface area contributed by atoms with Gasteiger partial charge in [0.2, 0.25) is 0 Å². The Balaban J connectivity index is 2.80. The molecule has 0 spiro atoms. The zero-order valence-corrected chi connectivity index (χ0v) is 7.62. The van der Waals surface area contributed by atoms with E-state index < -0.39 is 0 Å². The van der Waals surface area contributed by atoms with E-state index in [4.69, 9.17) is 0 Å². The monoisotopic (exact) mass is 158 g/mol.